The highest BCUT2D eigenvalue weighted by Gasteiger charge is 2.31. The van der Waals surface area contributed by atoms with Crippen LogP contribution in [-0.4, -0.2) is 58.8 Å². The van der Waals surface area contributed by atoms with Crippen molar-refractivity contribution in [2.75, 3.05) is 39.3 Å². The summed E-state index contributed by atoms with van der Waals surface area (Å²) in [5, 5.41) is 10.8. The van der Waals surface area contributed by atoms with Crippen LogP contribution in [0.2, 0.25) is 0 Å². The number of ether oxygens (including phenoxy) is 1. The number of aromatic nitrogens is 1. The molecular weight excluding hydrogens is 366 g/mol. The van der Waals surface area contributed by atoms with Crippen LogP contribution in [0.1, 0.15) is 43.6 Å². The number of hydrogen-bond acceptors (Lipinski definition) is 5. The number of rotatable bonds is 7. The zero-order valence-electron chi connectivity index (χ0n) is 18.0. The standard InChI is InChI=1S/C23H33N3O3/c1-5-24-12-14-25(15-13-24)22(18-8-10-19(11-9-18)29-7-3)21-20(27)16-17(4)26(6-2)23(21)28/h8-11,16,22,27H,5-7,12-15H2,1-4H3. The van der Waals surface area contributed by atoms with Crippen molar-refractivity contribution in [3.05, 3.63) is 57.5 Å². The number of benzene rings is 1. The van der Waals surface area contributed by atoms with E-state index < -0.39 is 0 Å². The topological polar surface area (TPSA) is 57.9 Å². The number of aromatic hydroxyl groups is 1. The number of aryl methyl sites for hydroxylation is 1. The molecule has 0 bridgehead atoms. The molecule has 6 heteroatoms. The fraction of sp³-hybridized carbons (Fsp3) is 0.522. The molecule has 0 aliphatic carbocycles. The summed E-state index contributed by atoms with van der Waals surface area (Å²) in [6.45, 7) is 13.8. The average molecular weight is 400 g/mol. The fourth-order valence-corrected chi connectivity index (χ4v) is 4.23. The Kier molecular flexibility index (Phi) is 6.98. The number of nitrogens with zero attached hydrogens (tertiary/aromatic N) is 3. The van der Waals surface area contributed by atoms with E-state index in [1.165, 1.54) is 0 Å². The van der Waals surface area contributed by atoms with Crippen LogP contribution in [0.15, 0.2) is 35.1 Å². The number of likely N-dealkylation sites (N-methyl/N-ethyl adjacent to an activating group) is 1. The lowest BCUT2D eigenvalue weighted by Crippen LogP contribution is -2.48. The smallest absolute Gasteiger partial charge is 0.259 e. The molecule has 0 saturated carbocycles. The van der Waals surface area contributed by atoms with Crippen LogP contribution in [0.3, 0.4) is 0 Å². The van der Waals surface area contributed by atoms with Gasteiger partial charge in [0.1, 0.15) is 11.5 Å². The molecule has 2 heterocycles. The molecule has 1 atom stereocenters. The van der Waals surface area contributed by atoms with Crippen LogP contribution >= 0.6 is 0 Å². The first-order chi connectivity index (χ1) is 14.0. The van der Waals surface area contributed by atoms with E-state index in [0.29, 0.717) is 18.7 Å². The molecule has 1 aromatic heterocycles. The van der Waals surface area contributed by atoms with Crippen LogP contribution in [0.4, 0.5) is 0 Å². The second-order valence-corrected chi connectivity index (χ2v) is 7.51. The van der Waals surface area contributed by atoms with Gasteiger partial charge in [-0.15, -0.1) is 0 Å². The second-order valence-electron chi connectivity index (χ2n) is 7.51. The van der Waals surface area contributed by atoms with Crippen LogP contribution in [-0.2, 0) is 6.54 Å². The second kappa shape index (κ2) is 9.46. The van der Waals surface area contributed by atoms with Gasteiger partial charge in [-0.3, -0.25) is 9.69 Å². The van der Waals surface area contributed by atoms with Gasteiger partial charge in [0.05, 0.1) is 18.2 Å². The summed E-state index contributed by atoms with van der Waals surface area (Å²) < 4.78 is 7.32. The molecule has 1 fully saturated rings. The predicted octanol–water partition coefficient (Wildman–Crippen LogP) is 3.01. The van der Waals surface area contributed by atoms with E-state index in [-0.39, 0.29) is 17.4 Å². The maximum absolute atomic E-state index is 13.3. The first-order valence-electron chi connectivity index (χ1n) is 10.6. The lowest BCUT2D eigenvalue weighted by atomic mass is 9.96. The summed E-state index contributed by atoms with van der Waals surface area (Å²) in [6, 6.07) is 9.34. The van der Waals surface area contributed by atoms with Gasteiger partial charge in [0.15, 0.2) is 0 Å². The Balaban J connectivity index is 2.08. The van der Waals surface area contributed by atoms with Crippen LogP contribution in [0.5, 0.6) is 11.5 Å². The molecule has 1 aromatic carbocycles. The fourth-order valence-electron chi connectivity index (χ4n) is 4.23. The highest BCUT2D eigenvalue weighted by molar-refractivity contribution is 5.42. The Morgan fingerprint density at radius 1 is 1.03 bits per heavy atom. The van der Waals surface area contributed by atoms with Crippen molar-refractivity contribution >= 4 is 0 Å². The van der Waals surface area contributed by atoms with E-state index in [0.717, 1.165) is 49.7 Å². The maximum Gasteiger partial charge on any atom is 0.259 e. The van der Waals surface area contributed by atoms with Gasteiger partial charge in [-0.05, 0) is 51.1 Å². The quantitative estimate of drug-likeness (QED) is 0.776. The minimum atomic E-state index is -0.282. The zero-order valence-corrected chi connectivity index (χ0v) is 18.0. The molecule has 0 spiro atoms. The van der Waals surface area contributed by atoms with Crippen molar-refractivity contribution < 1.29 is 9.84 Å². The Morgan fingerprint density at radius 2 is 1.69 bits per heavy atom. The summed E-state index contributed by atoms with van der Waals surface area (Å²) >= 11 is 0. The Labute approximate surface area is 173 Å². The zero-order chi connectivity index (χ0) is 21.0. The summed E-state index contributed by atoms with van der Waals surface area (Å²) in [5.41, 5.74) is 2.13. The van der Waals surface area contributed by atoms with Gasteiger partial charge in [0, 0.05) is 38.4 Å². The predicted molar refractivity (Wildman–Crippen MR) is 116 cm³/mol. The number of piperazine rings is 1. The van der Waals surface area contributed by atoms with E-state index >= 15 is 0 Å². The summed E-state index contributed by atoms with van der Waals surface area (Å²) in [6.07, 6.45) is 0. The van der Waals surface area contributed by atoms with Crippen molar-refractivity contribution in [3.63, 3.8) is 0 Å². The monoisotopic (exact) mass is 399 g/mol. The van der Waals surface area contributed by atoms with Gasteiger partial charge in [0.25, 0.3) is 5.56 Å². The molecule has 158 valence electrons. The highest BCUT2D eigenvalue weighted by atomic mass is 16.5. The summed E-state index contributed by atoms with van der Waals surface area (Å²) in [5.74, 6) is 0.888. The first kappa shape index (κ1) is 21.4. The molecule has 6 nitrogen and oxygen atoms in total. The van der Waals surface area contributed by atoms with E-state index in [2.05, 4.69) is 16.7 Å². The minimum absolute atomic E-state index is 0.0778. The van der Waals surface area contributed by atoms with E-state index in [9.17, 15) is 9.90 Å². The van der Waals surface area contributed by atoms with Gasteiger partial charge in [-0.25, -0.2) is 0 Å². The third-order valence-corrected chi connectivity index (χ3v) is 5.84. The third kappa shape index (κ3) is 4.49. The summed E-state index contributed by atoms with van der Waals surface area (Å²) in [7, 11) is 0. The van der Waals surface area contributed by atoms with E-state index in [1.807, 2.05) is 45.0 Å². The number of hydrogen-bond donors (Lipinski definition) is 1. The van der Waals surface area contributed by atoms with Crippen molar-refractivity contribution in [3.8, 4) is 11.5 Å². The largest absolute Gasteiger partial charge is 0.507 e. The molecule has 1 aliphatic rings. The van der Waals surface area contributed by atoms with Crippen LogP contribution < -0.4 is 10.3 Å². The Bertz CT molecular complexity index is 868. The molecule has 0 radical (unpaired) electrons. The lowest BCUT2D eigenvalue weighted by molar-refractivity contribution is 0.111. The van der Waals surface area contributed by atoms with Gasteiger partial charge >= 0.3 is 0 Å². The normalized spacial score (nSPS) is 16.7. The van der Waals surface area contributed by atoms with Crippen molar-refractivity contribution in [2.45, 2.75) is 40.3 Å². The van der Waals surface area contributed by atoms with Gasteiger partial charge < -0.3 is 19.3 Å². The van der Waals surface area contributed by atoms with Crippen molar-refractivity contribution in [2.24, 2.45) is 0 Å². The molecule has 1 aliphatic heterocycles. The van der Waals surface area contributed by atoms with Crippen LogP contribution in [0.25, 0.3) is 0 Å². The molecule has 3 rings (SSSR count). The van der Waals surface area contributed by atoms with Crippen molar-refractivity contribution in [1.29, 1.82) is 0 Å². The molecular formula is C23H33N3O3. The highest BCUT2D eigenvalue weighted by Crippen LogP contribution is 2.34. The van der Waals surface area contributed by atoms with Gasteiger partial charge in [-0.1, -0.05) is 19.1 Å². The molecule has 29 heavy (non-hydrogen) atoms. The minimum Gasteiger partial charge on any atom is -0.507 e. The van der Waals surface area contributed by atoms with Gasteiger partial charge in [0.2, 0.25) is 0 Å². The number of pyridine rings is 1. The average Bonchev–Trinajstić information content (AvgIpc) is 2.72. The lowest BCUT2D eigenvalue weighted by Gasteiger charge is -2.39. The van der Waals surface area contributed by atoms with E-state index in [4.69, 9.17) is 4.74 Å². The third-order valence-electron chi connectivity index (χ3n) is 5.84. The molecule has 1 saturated heterocycles. The Hall–Kier alpha value is -2.31. The summed E-state index contributed by atoms with van der Waals surface area (Å²) in [4.78, 5) is 18.1. The van der Waals surface area contributed by atoms with Crippen LogP contribution in [0, 0.1) is 6.92 Å². The maximum atomic E-state index is 13.3. The molecule has 0 amide bonds. The molecule has 2 aromatic rings. The van der Waals surface area contributed by atoms with E-state index in [1.54, 1.807) is 10.6 Å². The Morgan fingerprint density at radius 3 is 2.24 bits per heavy atom. The molecule has 1 N–H and O–H groups in total. The van der Waals surface area contributed by atoms with Gasteiger partial charge in [-0.2, -0.15) is 0 Å². The SMILES string of the molecule is CCOc1ccc(C(c2c(O)cc(C)n(CC)c2=O)N2CCN(CC)CC2)cc1. The van der Waals surface area contributed by atoms with Crippen molar-refractivity contribution in [1.82, 2.24) is 14.4 Å². The molecule has 1 unspecified atom stereocenters. The first-order valence-corrected chi connectivity index (χ1v) is 10.6.